The molecule has 1 saturated heterocycles. The lowest BCUT2D eigenvalue weighted by Crippen LogP contribution is -2.50. The summed E-state index contributed by atoms with van der Waals surface area (Å²) in [6.45, 7) is 3.82. The van der Waals surface area contributed by atoms with E-state index in [4.69, 9.17) is 0 Å². The van der Waals surface area contributed by atoms with Crippen molar-refractivity contribution in [3.8, 4) is 0 Å². The molecule has 0 radical (unpaired) electrons. The molecule has 0 saturated carbocycles. The van der Waals surface area contributed by atoms with Gasteiger partial charge in [0, 0.05) is 12.2 Å². The molecule has 0 aliphatic carbocycles. The second kappa shape index (κ2) is 5.98. The molecule has 1 atom stereocenters. The number of carboxylic acid groups (broad SMARTS) is 1. The molecular formula is C13H19N3O4S. The predicted molar refractivity (Wildman–Crippen MR) is 78.2 cm³/mol. The van der Waals surface area contributed by atoms with E-state index in [9.17, 15) is 18.3 Å². The molecule has 2 N–H and O–H groups in total. The quantitative estimate of drug-likeness (QED) is 0.872. The second-order valence-electron chi connectivity index (χ2n) is 5.24. The van der Waals surface area contributed by atoms with Crippen molar-refractivity contribution in [1.82, 2.24) is 9.29 Å². The van der Waals surface area contributed by atoms with Gasteiger partial charge in [0.2, 0.25) is 0 Å². The van der Waals surface area contributed by atoms with Crippen LogP contribution in [0.15, 0.2) is 12.1 Å². The third kappa shape index (κ3) is 3.70. The SMILES string of the molecule is Cc1cc(C)nc(NS(=O)(=O)N2CCCCC2C(=O)O)c1. The molecule has 0 aromatic carbocycles. The van der Waals surface area contributed by atoms with Gasteiger partial charge in [-0.25, -0.2) is 4.98 Å². The minimum Gasteiger partial charge on any atom is -0.480 e. The van der Waals surface area contributed by atoms with Crippen molar-refractivity contribution in [1.29, 1.82) is 0 Å². The van der Waals surface area contributed by atoms with Crippen molar-refractivity contribution in [3.63, 3.8) is 0 Å². The van der Waals surface area contributed by atoms with Crippen molar-refractivity contribution in [3.05, 3.63) is 23.4 Å². The normalized spacial score (nSPS) is 20.2. The van der Waals surface area contributed by atoms with Crippen LogP contribution in [0.1, 0.15) is 30.5 Å². The fourth-order valence-electron chi connectivity index (χ4n) is 2.52. The Morgan fingerprint density at radius 1 is 1.38 bits per heavy atom. The Morgan fingerprint density at radius 2 is 2.10 bits per heavy atom. The highest BCUT2D eigenvalue weighted by Gasteiger charge is 2.36. The van der Waals surface area contributed by atoms with Gasteiger partial charge in [0.05, 0.1) is 0 Å². The van der Waals surface area contributed by atoms with Crippen LogP contribution in [0, 0.1) is 13.8 Å². The fourth-order valence-corrected chi connectivity index (χ4v) is 3.91. The van der Waals surface area contributed by atoms with E-state index < -0.39 is 22.2 Å². The van der Waals surface area contributed by atoms with E-state index in [-0.39, 0.29) is 12.4 Å². The number of anilines is 1. The maximum atomic E-state index is 12.4. The molecule has 0 bridgehead atoms. The summed E-state index contributed by atoms with van der Waals surface area (Å²) in [5.74, 6) is -0.907. The third-order valence-corrected chi connectivity index (χ3v) is 4.90. The summed E-state index contributed by atoms with van der Waals surface area (Å²) >= 11 is 0. The van der Waals surface area contributed by atoms with Gasteiger partial charge in [0.25, 0.3) is 0 Å². The Hall–Kier alpha value is -1.67. The molecule has 2 heterocycles. The number of carbonyl (C=O) groups is 1. The Morgan fingerprint density at radius 3 is 2.71 bits per heavy atom. The van der Waals surface area contributed by atoms with Gasteiger partial charge in [0.15, 0.2) is 0 Å². The molecule has 1 fully saturated rings. The Kier molecular flexibility index (Phi) is 4.48. The highest BCUT2D eigenvalue weighted by Crippen LogP contribution is 2.22. The Balaban J connectivity index is 2.26. The van der Waals surface area contributed by atoms with Crippen molar-refractivity contribution >= 4 is 22.0 Å². The van der Waals surface area contributed by atoms with Crippen LogP contribution in [0.4, 0.5) is 5.82 Å². The number of nitrogens with zero attached hydrogens (tertiary/aromatic N) is 2. The number of hydrogen-bond acceptors (Lipinski definition) is 4. The van der Waals surface area contributed by atoms with E-state index in [0.29, 0.717) is 25.0 Å². The zero-order valence-corrected chi connectivity index (χ0v) is 12.9. The van der Waals surface area contributed by atoms with Crippen LogP contribution in [0.5, 0.6) is 0 Å². The molecule has 1 aromatic rings. The standard InChI is InChI=1S/C13H19N3O4S/c1-9-7-10(2)14-12(8-9)15-21(19,20)16-6-4-3-5-11(16)13(17)18/h7-8,11H,3-6H2,1-2H3,(H,14,15)(H,17,18). The van der Waals surface area contributed by atoms with E-state index in [1.165, 1.54) is 0 Å². The first-order chi connectivity index (χ1) is 9.79. The minimum atomic E-state index is -3.92. The summed E-state index contributed by atoms with van der Waals surface area (Å²) in [7, 11) is -3.92. The van der Waals surface area contributed by atoms with Gasteiger partial charge in [-0.1, -0.05) is 0 Å². The van der Waals surface area contributed by atoms with Crippen LogP contribution >= 0.6 is 0 Å². The summed E-state index contributed by atoms with van der Waals surface area (Å²) in [4.78, 5) is 15.3. The van der Waals surface area contributed by atoms with Gasteiger partial charge in [0.1, 0.15) is 11.9 Å². The topological polar surface area (TPSA) is 99.6 Å². The molecule has 0 spiro atoms. The third-order valence-electron chi connectivity index (χ3n) is 3.38. The average molecular weight is 313 g/mol. The van der Waals surface area contributed by atoms with Crippen molar-refractivity contribution in [2.24, 2.45) is 0 Å². The molecule has 0 amide bonds. The lowest BCUT2D eigenvalue weighted by atomic mass is 10.1. The van der Waals surface area contributed by atoms with E-state index in [0.717, 1.165) is 9.87 Å². The average Bonchev–Trinajstić information content (AvgIpc) is 2.36. The first-order valence-electron chi connectivity index (χ1n) is 6.77. The second-order valence-corrected chi connectivity index (χ2v) is 6.86. The summed E-state index contributed by atoms with van der Waals surface area (Å²) in [5, 5.41) is 9.18. The zero-order chi connectivity index (χ0) is 15.6. The predicted octanol–water partition coefficient (Wildman–Crippen LogP) is 1.29. The Labute approximate surface area is 124 Å². The summed E-state index contributed by atoms with van der Waals surface area (Å²) in [6.07, 6.45) is 1.70. The van der Waals surface area contributed by atoms with Crippen LogP contribution < -0.4 is 4.72 Å². The van der Waals surface area contributed by atoms with Crippen LogP contribution in [0.3, 0.4) is 0 Å². The number of rotatable bonds is 4. The monoisotopic (exact) mass is 313 g/mol. The van der Waals surface area contributed by atoms with E-state index in [1.807, 2.05) is 13.0 Å². The van der Waals surface area contributed by atoms with Crippen molar-refractivity contribution in [2.75, 3.05) is 11.3 Å². The molecule has 1 aliphatic heterocycles. The molecule has 116 valence electrons. The summed E-state index contributed by atoms with van der Waals surface area (Å²) in [5.41, 5.74) is 1.58. The van der Waals surface area contributed by atoms with E-state index >= 15 is 0 Å². The number of nitrogens with one attached hydrogen (secondary N) is 1. The first kappa shape index (κ1) is 15.7. The minimum absolute atomic E-state index is 0.205. The number of pyridine rings is 1. The lowest BCUT2D eigenvalue weighted by molar-refractivity contribution is -0.142. The van der Waals surface area contributed by atoms with Crippen LogP contribution in [0.25, 0.3) is 0 Å². The smallest absolute Gasteiger partial charge is 0.322 e. The van der Waals surface area contributed by atoms with Crippen LogP contribution in [-0.4, -0.2) is 41.4 Å². The van der Waals surface area contributed by atoms with Crippen molar-refractivity contribution < 1.29 is 18.3 Å². The molecular weight excluding hydrogens is 294 g/mol. The van der Waals surface area contributed by atoms with Crippen LogP contribution in [0.2, 0.25) is 0 Å². The first-order valence-corrected chi connectivity index (χ1v) is 8.21. The highest BCUT2D eigenvalue weighted by atomic mass is 32.2. The maximum Gasteiger partial charge on any atom is 0.322 e. The zero-order valence-electron chi connectivity index (χ0n) is 12.0. The summed E-state index contributed by atoms with van der Waals surface area (Å²) < 4.78 is 28.2. The van der Waals surface area contributed by atoms with Gasteiger partial charge in [-0.3, -0.25) is 9.52 Å². The maximum absolute atomic E-state index is 12.4. The van der Waals surface area contributed by atoms with Crippen molar-refractivity contribution in [2.45, 2.75) is 39.2 Å². The number of aliphatic carboxylic acids is 1. The summed E-state index contributed by atoms with van der Waals surface area (Å²) in [6, 6.07) is 2.44. The molecule has 2 rings (SSSR count). The molecule has 8 heteroatoms. The van der Waals surface area contributed by atoms with Gasteiger partial charge < -0.3 is 5.11 Å². The molecule has 1 aliphatic rings. The van der Waals surface area contributed by atoms with Gasteiger partial charge >= 0.3 is 16.2 Å². The Bertz CT molecular complexity index is 625. The largest absolute Gasteiger partial charge is 0.480 e. The fraction of sp³-hybridized carbons (Fsp3) is 0.538. The van der Waals surface area contributed by atoms with Crippen LogP contribution in [-0.2, 0) is 15.0 Å². The van der Waals surface area contributed by atoms with E-state index in [1.54, 1.807) is 13.0 Å². The molecule has 1 aromatic heterocycles. The van der Waals surface area contributed by atoms with E-state index in [2.05, 4.69) is 9.71 Å². The molecule has 7 nitrogen and oxygen atoms in total. The number of carboxylic acids is 1. The lowest BCUT2D eigenvalue weighted by Gasteiger charge is -2.31. The number of aryl methyl sites for hydroxylation is 2. The number of piperidine rings is 1. The number of hydrogen-bond donors (Lipinski definition) is 2. The van der Waals surface area contributed by atoms with Gasteiger partial charge in [-0.05, 0) is 50.8 Å². The highest BCUT2D eigenvalue weighted by molar-refractivity contribution is 7.90. The molecule has 21 heavy (non-hydrogen) atoms. The van der Waals surface area contributed by atoms with Gasteiger partial charge in [-0.2, -0.15) is 12.7 Å². The van der Waals surface area contributed by atoms with Gasteiger partial charge in [-0.15, -0.1) is 0 Å². The molecule has 1 unspecified atom stereocenters. The number of aromatic nitrogens is 1.